The van der Waals surface area contributed by atoms with E-state index in [1.165, 1.54) is 25.3 Å². The normalized spacial score (nSPS) is 16.4. The van der Waals surface area contributed by atoms with Crippen molar-refractivity contribution < 1.29 is 23.9 Å². The van der Waals surface area contributed by atoms with Gasteiger partial charge in [0.2, 0.25) is 0 Å². The zero-order valence-corrected chi connectivity index (χ0v) is 12.8. The molecule has 2 amide bonds. The molecule has 3 rings (SSSR count). The van der Waals surface area contributed by atoms with E-state index in [2.05, 4.69) is 0 Å². The first-order valence-electron chi connectivity index (χ1n) is 6.61. The highest BCUT2D eigenvalue weighted by atomic mass is 32.2. The quantitative estimate of drug-likeness (QED) is 0.869. The smallest absolute Gasteiger partial charge is 0.335 e. The maximum Gasteiger partial charge on any atom is 0.335 e. The molecule has 0 aliphatic carbocycles. The third-order valence-corrected chi connectivity index (χ3v) is 4.24. The number of thioether (sulfide) groups is 1. The molecule has 1 aliphatic heterocycles. The molecule has 0 radical (unpaired) electrons. The zero-order chi connectivity index (χ0) is 16.6. The second-order valence-electron chi connectivity index (χ2n) is 4.83. The van der Waals surface area contributed by atoms with Gasteiger partial charge in [-0.05, 0) is 36.0 Å². The number of hydrogen-bond acceptors (Lipinski definition) is 5. The summed E-state index contributed by atoms with van der Waals surface area (Å²) in [6.07, 6.45) is 1.50. The number of carbonyl (C=O) groups is 3. The summed E-state index contributed by atoms with van der Waals surface area (Å²) in [5, 5.41) is 8.68. The Morgan fingerprint density at radius 1 is 1.26 bits per heavy atom. The number of carboxylic acids is 1. The summed E-state index contributed by atoms with van der Waals surface area (Å²) in [5.41, 5.74) is 0.778. The number of furan rings is 1. The van der Waals surface area contributed by atoms with Crippen molar-refractivity contribution >= 4 is 35.0 Å². The van der Waals surface area contributed by atoms with Gasteiger partial charge in [0.1, 0.15) is 11.5 Å². The minimum Gasteiger partial charge on any atom is -0.478 e. The number of carbonyl (C=O) groups excluding carboxylic acids is 2. The molecule has 1 fully saturated rings. The summed E-state index contributed by atoms with van der Waals surface area (Å²) in [6.45, 7) is 0. The molecule has 1 aliphatic rings. The van der Waals surface area contributed by atoms with Gasteiger partial charge < -0.3 is 9.52 Å². The first-order valence-corrected chi connectivity index (χ1v) is 7.42. The van der Waals surface area contributed by atoms with E-state index in [1.807, 2.05) is 0 Å². The number of imide groups is 1. The molecule has 23 heavy (non-hydrogen) atoms. The van der Waals surface area contributed by atoms with E-state index in [-0.39, 0.29) is 21.6 Å². The number of benzene rings is 1. The Labute approximate surface area is 135 Å². The average Bonchev–Trinajstić information content (AvgIpc) is 3.09. The van der Waals surface area contributed by atoms with Crippen molar-refractivity contribution in [3.8, 4) is 11.3 Å². The Bertz CT molecular complexity index is 852. The minimum atomic E-state index is -1.02. The van der Waals surface area contributed by atoms with Gasteiger partial charge in [-0.2, -0.15) is 0 Å². The number of aromatic carboxylic acids is 1. The Balaban J connectivity index is 1.90. The minimum absolute atomic E-state index is 0.160. The van der Waals surface area contributed by atoms with Crippen LogP contribution in [0.25, 0.3) is 17.4 Å². The Kier molecular flexibility index (Phi) is 3.79. The van der Waals surface area contributed by atoms with Crippen LogP contribution in [-0.4, -0.2) is 34.2 Å². The van der Waals surface area contributed by atoms with Crippen molar-refractivity contribution in [3.05, 3.63) is 52.6 Å². The van der Waals surface area contributed by atoms with Crippen molar-refractivity contribution in [2.45, 2.75) is 0 Å². The second kappa shape index (κ2) is 5.77. The molecule has 1 aromatic carbocycles. The van der Waals surface area contributed by atoms with Crippen molar-refractivity contribution in [3.63, 3.8) is 0 Å². The molecule has 1 saturated heterocycles. The van der Waals surface area contributed by atoms with Crippen molar-refractivity contribution in [2.75, 3.05) is 7.05 Å². The van der Waals surface area contributed by atoms with Crippen molar-refractivity contribution in [2.24, 2.45) is 0 Å². The lowest BCUT2D eigenvalue weighted by molar-refractivity contribution is -0.121. The molecule has 1 aromatic heterocycles. The number of amides is 2. The number of carboxylic acid groups (broad SMARTS) is 1. The van der Waals surface area contributed by atoms with Gasteiger partial charge in [0.25, 0.3) is 11.1 Å². The molecule has 0 unspecified atom stereocenters. The Hall–Kier alpha value is -2.80. The van der Waals surface area contributed by atoms with Crippen LogP contribution in [0, 0.1) is 0 Å². The van der Waals surface area contributed by atoms with Crippen LogP contribution in [0.15, 0.2) is 45.7 Å². The Morgan fingerprint density at radius 2 is 2.04 bits per heavy atom. The fourth-order valence-electron chi connectivity index (χ4n) is 2.07. The first-order chi connectivity index (χ1) is 11.0. The van der Waals surface area contributed by atoms with E-state index in [0.717, 1.165) is 16.7 Å². The molecule has 2 aromatic rings. The molecule has 116 valence electrons. The third-order valence-electron chi connectivity index (χ3n) is 3.28. The lowest BCUT2D eigenvalue weighted by Gasteiger charge is -2.00. The molecule has 0 atom stereocenters. The Morgan fingerprint density at radius 3 is 2.70 bits per heavy atom. The maximum absolute atomic E-state index is 11.8. The van der Waals surface area contributed by atoms with Gasteiger partial charge in [0, 0.05) is 18.7 Å². The monoisotopic (exact) mass is 329 g/mol. The summed E-state index contributed by atoms with van der Waals surface area (Å²) in [4.78, 5) is 35.6. The maximum atomic E-state index is 11.8. The van der Waals surface area contributed by atoms with Crippen molar-refractivity contribution in [1.82, 2.24) is 4.90 Å². The number of nitrogens with zero attached hydrogens (tertiary/aromatic N) is 1. The van der Waals surface area contributed by atoms with E-state index in [0.29, 0.717) is 17.1 Å². The summed E-state index contributed by atoms with van der Waals surface area (Å²) in [5.74, 6) is -0.490. The fraction of sp³-hybridized carbons (Fsp3) is 0.0625. The van der Waals surface area contributed by atoms with E-state index >= 15 is 0 Å². The predicted molar refractivity (Wildman–Crippen MR) is 84.8 cm³/mol. The van der Waals surface area contributed by atoms with Gasteiger partial charge in [-0.3, -0.25) is 14.5 Å². The summed E-state index contributed by atoms with van der Waals surface area (Å²) >= 11 is 0.849. The molecule has 2 heterocycles. The van der Waals surface area contributed by atoms with E-state index in [1.54, 1.807) is 24.3 Å². The topological polar surface area (TPSA) is 87.8 Å². The fourth-order valence-corrected chi connectivity index (χ4v) is 2.87. The molecule has 0 saturated carbocycles. The first kappa shape index (κ1) is 15.1. The van der Waals surface area contributed by atoms with Gasteiger partial charge in [-0.25, -0.2) is 4.79 Å². The van der Waals surface area contributed by atoms with Gasteiger partial charge in [-0.15, -0.1) is 0 Å². The number of hydrogen-bond donors (Lipinski definition) is 1. The van der Waals surface area contributed by atoms with Gasteiger partial charge in [0.15, 0.2) is 0 Å². The zero-order valence-electron chi connectivity index (χ0n) is 12.0. The molecular formula is C16H11NO5S. The van der Waals surface area contributed by atoms with Gasteiger partial charge >= 0.3 is 5.97 Å². The molecule has 0 spiro atoms. The lowest BCUT2D eigenvalue weighted by atomic mass is 10.1. The van der Waals surface area contributed by atoms with E-state index in [9.17, 15) is 14.4 Å². The molecule has 7 heteroatoms. The summed E-state index contributed by atoms with van der Waals surface area (Å²) in [6, 6.07) is 9.70. The highest BCUT2D eigenvalue weighted by molar-refractivity contribution is 8.18. The van der Waals surface area contributed by atoms with Crippen LogP contribution in [0.4, 0.5) is 4.79 Å². The van der Waals surface area contributed by atoms with E-state index in [4.69, 9.17) is 9.52 Å². The van der Waals surface area contributed by atoms with Crippen LogP contribution in [-0.2, 0) is 4.79 Å². The number of likely N-dealkylation sites (N-methyl/N-ethyl adjacent to an activating group) is 1. The largest absolute Gasteiger partial charge is 0.478 e. The van der Waals surface area contributed by atoms with Gasteiger partial charge in [-0.1, -0.05) is 12.1 Å². The van der Waals surface area contributed by atoms with Crippen LogP contribution >= 0.6 is 11.8 Å². The number of rotatable bonds is 3. The van der Waals surface area contributed by atoms with Crippen LogP contribution in [0.3, 0.4) is 0 Å². The third kappa shape index (κ3) is 2.91. The average molecular weight is 329 g/mol. The van der Waals surface area contributed by atoms with E-state index < -0.39 is 5.97 Å². The van der Waals surface area contributed by atoms with Crippen LogP contribution in [0.5, 0.6) is 0 Å². The predicted octanol–water partition coefficient (Wildman–Crippen LogP) is 3.31. The van der Waals surface area contributed by atoms with Crippen molar-refractivity contribution in [1.29, 1.82) is 0 Å². The molecule has 0 bridgehead atoms. The SMILES string of the molecule is CN1C(=O)S/C(=C/c2ccc(-c3cccc(C(=O)O)c3)o2)C1=O. The standard InChI is InChI=1S/C16H11NO5S/c1-17-14(18)13(23-16(17)21)8-11-5-6-12(22-11)9-3-2-4-10(7-9)15(19)20/h2-8H,1H3,(H,19,20)/b13-8+. The second-order valence-corrected chi connectivity index (χ2v) is 5.82. The highest BCUT2D eigenvalue weighted by Crippen LogP contribution is 2.32. The molecule has 1 N–H and O–H groups in total. The van der Waals surface area contributed by atoms with Crippen LogP contribution < -0.4 is 0 Å². The molecular weight excluding hydrogens is 318 g/mol. The lowest BCUT2D eigenvalue weighted by Crippen LogP contribution is -2.22. The summed E-state index contributed by atoms with van der Waals surface area (Å²) < 4.78 is 5.62. The molecule has 6 nitrogen and oxygen atoms in total. The van der Waals surface area contributed by atoms with Crippen LogP contribution in [0.2, 0.25) is 0 Å². The van der Waals surface area contributed by atoms with Gasteiger partial charge in [0.05, 0.1) is 10.5 Å². The summed E-state index contributed by atoms with van der Waals surface area (Å²) in [7, 11) is 1.42. The highest BCUT2D eigenvalue weighted by Gasteiger charge is 2.32. The van der Waals surface area contributed by atoms with Crippen LogP contribution in [0.1, 0.15) is 16.1 Å².